The van der Waals surface area contributed by atoms with Crippen molar-refractivity contribution in [1.82, 2.24) is 10.2 Å². The van der Waals surface area contributed by atoms with E-state index in [9.17, 15) is 4.79 Å². The molecule has 1 unspecified atom stereocenters. The van der Waals surface area contributed by atoms with Crippen molar-refractivity contribution < 1.29 is 4.79 Å². The van der Waals surface area contributed by atoms with E-state index in [1.807, 2.05) is 11.9 Å². The highest BCUT2D eigenvalue weighted by atomic mass is 16.2. The minimum Gasteiger partial charge on any atom is -0.382 e. The predicted octanol–water partition coefficient (Wildman–Crippen LogP) is 5.34. The van der Waals surface area contributed by atoms with Gasteiger partial charge in [-0.05, 0) is 42.0 Å². The zero-order valence-electron chi connectivity index (χ0n) is 18.8. The Morgan fingerprint density at radius 2 is 1.90 bits per heavy atom. The summed E-state index contributed by atoms with van der Waals surface area (Å²) in [5.41, 5.74) is 7.81. The van der Waals surface area contributed by atoms with Gasteiger partial charge < -0.3 is 10.2 Å². The number of benzene rings is 1. The molecule has 0 spiro atoms. The molecule has 1 saturated heterocycles. The second kappa shape index (κ2) is 7.14. The molecule has 0 bridgehead atoms. The number of piperidine rings is 1. The third kappa shape index (κ3) is 2.74. The van der Waals surface area contributed by atoms with Crippen molar-refractivity contribution in [3.63, 3.8) is 0 Å². The zero-order valence-corrected chi connectivity index (χ0v) is 18.8. The van der Waals surface area contributed by atoms with Crippen molar-refractivity contribution in [1.29, 1.82) is 0 Å². The summed E-state index contributed by atoms with van der Waals surface area (Å²) in [6.07, 6.45) is 11.8. The molecule has 3 aliphatic carbocycles. The molecule has 5 rings (SSSR count). The van der Waals surface area contributed by atoms with Gasteiger partial charge in [-0.3, -0.25) is 4.79 Å². The number of carbonyl (C=O) groups excluding carboxylic acids is 1. The van der Waals surface area contributed by atoms with Crippen LogP contribution >= 0.6 is 0 Å². The summed E-state index contributed by atoms with van der Waals surface area (Å²) < 4.78 is 0. The van der Waals surface area contributed by atoms with Crippen LogP contribution in [0.3, 0.4) is 0 Å². The number of nitrogens with one attached hydrogen (secondary N) is 1. The van der Waals surface area contributed by atoms with Gasteiger partial charge in [0.05, 0.1) is 6.04 Å². The molecule has 1 aromatic rings. The lowest BCUT2D eigenvalue weighted by molar-refractivity contribution is -0.135. The Morgan fingerprint density at radius 1 is 1.17 bits per heavy atom. The van der Waals surface area contributed by atoms with Crippen LogP contribution in [0.25, 0.3) is 5.57 Å². The SMILES string of the molecule is C/C=C1/C2=C3C([C@@H](C)C=C2NC2CCCCC2)N(C)C(=O)C[C@@]3(C)c2ccccc21. The van der Waals surface area contributed by atoms with Crippen LogP contribution in [0.2, 0.25) is 0 Å². The van der Waals surface area contributed by atoms with Gasteiger partial charge in [0.1, 0.15) is 0 Å². The van der Waals surface area contributed by atoms with Crippen LogP contribution in [0.15, 0.2) is 53.3 Å². The lowest BCUT2D eigenvalue weighted by Gasteiger charge is -2.54. The van der Waals surface area contributed by atoms with Gasteiger partial charge in [0.15, 0.2) is 0 Å². The fourth-order valence-electron chi connectivity index (χ4n) is 6.57. The van der Waals surface area contributed by atoms with E-state index in [2.05, 4.69) is 62.5 Å². The Balaban J connectivity index is 1.72. The highest BCUT2D eigenvalue weighted by Gasteiger charge is 2.53. The second-order valence-corrected chi connectivity index (χ2v) is 9.91. The lowest BCUT2D eigenvalue weighted by atomic mass is 9.57. The van der Waals surface area contributed by atoms with Gasteiger partial charge in [-0.25, -0.2) is 0 Å². The van der Waals surface area contributed by atoms with Crippen LogP contribution in [-0.4, -0.2) is 29.9 Å². The van der Waals surface area contributed by atoms with E-state index in [0.29, 0.717) is 18.4 Å². The molecule has 0 aromatic heterocycles. The average molecular weight is 403 g/mol. The molecule has 3 nitrogen and oxygen atoms in total. The topological polar surface area (TPSA) is 32.3 Å². The van der Waals surface area contributed by atoms with Crippen molar-refractivity contribution in [2.75, 3.05) is 7.05 Å². The van der Waals surface area contributed by atoms with E-state index < -0.39 is 0 Å². The van der Waals surface area contributed by atoms with Crippen molar-refractivity contribution in [2.45, 2.75) is 76.8 Å². The summed E-state index contributed by atoms with van der Waals surface area (Å²) in [5.74, 6) is 0.556. The molecule has 2 fully saturated rings. The molecule has 4 aliphatic rings. The number of fused-ring (bicyclic) bond motifs is 2. The first-order valence-corrected chi connectivity index (χ1v) is 11.7. The zero-order chi connectivity index (χ0) is 21.0. The molecule has 1 saturated carbocycles. The second-order valence-electron chi connectivity index (χ2n) is 9.91. The largest absolute Gasteiger partial charge is 0.382 e. The monoisotopic (exact) mass is 402 g/mol. The molecule has 1 aliphatic heterocycles. The normalized spacial score (nSPS) is 32.7. The third-order valence-electron chi connectivity index (χ3n) is 8.01. The molecule has 1 amide bonds. The molecule has 158 valence electrons. The predicted molar refractivity (Wildman–Crippen MR) is 123 cm³/mol. The number of rotatable bonds is 2. The molecule has 3 atom stereocenters. The van der Waals surface area contributed by atoms with Crippen molar-refractivity contribution >= 4 is 11.5 Å². The van der Waals surface area contributed by atoms with E-state index in [1.165, 1.54) is 65.6 Å². The number of amides is 1. The van der Waals surface area contributed by atoms with Gasteiger partial charge in [0.2, 0.25) is 5.91 Å². The molecule has 30 heavy (non-hydrogen) atoms. The molecule has 0 radical (unpaired) electrons. The Labute approximate surface area is 180 Å². The Bertz CT molecular complexity index is 978. The number of likely N-dealkylation sites (tertiary alicyclic amines) is 1. The van der Waals surface area contributed by atoms with E-state index in [-0.39, 0.29) is 17.4 Å². The van der Waals surface area contributed by atoms with Crippen LogP contribution in [0, 0.1) is 5.92 Å². The first kappa shape index (κ1) is 19.7. The number of carbonyl (C=O) groups is 1. The van der Waals surface area contributed by atoms with Gasteiger partial charge in [0.25, 0.3) is 0 Å². The maximum atomic E-state index is 13.1. The van der Waals surface area contributed by atoms with Gasteiger partial charge in [-0.15, -0.1) is 0 Å². The maximum Gasteiger partial charge on any atom is 0.224 e. The van der Waals surface area contributed by atoms with Gasteiger partial charge in [-0.2, -0.15) is 0 Å². The first-order valence-electron chi connectivity index (χ1n) is 11.7. The number of likely N-dealkylation sites (N-methyl/N-ethyl adjacent to an activating group) is 1. The van der Waals surface area contributed by atoms with Crippen LogP contribution in [0.1, 0.15) is 70.4 Å². The maximum absolute atomic E-state index is 13.1. The molecule has 1 N–H and O–H groups in total. The summed E-state index contributed by atoms with van der Waals surface area (Å²) in [7, 11) is 2.00. The number of allylic oxidation sites excluding steroid dienone is 2. The van der Waals surface area contributed by atoms with Crippen molar-refractivity contribution in [3.05, 3.63) is 64.4 Å². The summed E-state index contributed by atoms with van der Waals surface area (Å²) in [4.78, 5) is 15.1. The Hall–Kier alpha value is -2.29. The number of hydrogen-bond acceptors (Lipinski definition) is 2. The highest BCUT2D eigenvalue weighted by Crippen LogP contribution is 2.56. The Kier molecular flexibility index (Phi) is 4.68. The van der Waals surface area contributed by atoms with Crippen molar-refractivity contribution in [3.8, 4) is 0 Å². The van der Waals surface area contributed by atoms with Gasteiger partial charge in [-0.1, -0.05) is 69.5 Å². The van der Waals surface area contributed by atoms with Crippen LogP contribution in [0.4, 0.5) is 0 Å². The van der Waals surface area contributed by atoms with E-state index >= 15 is 0 Å². The molecule has 3 heteroatoms. The number of hydrogen-bond donors (Lipinski definition) is 1. The average Bonchev–Trinajstić information content (AvgIpc) is 2.74. The summed E-state index contributed by atoms with van der Waals surface area (Å²) in [6.45, 7) is 6.75. The standard InChI is InChI=1S/C27H34N2O/c1-5-19-20-13-9-10-14-21(20)27(3)16-23(30)29(4)26-17(2)15-22(24(19)25(26)27)28-18-11-7-6-8-12-18/h5,9-10,13-15,17-18,26,28H,6-8,11-12,16H2,1-4H3/b19-5+/t17-,26?,27-/m0/s1. The minimum absolute atomic E-state index is 0.131. The fraction of sp³-hybridized carbons (Fsp3) is 0.519. The quantitative estimate of drug-likeness (QED) is 0.724. The number of nitrogens with zero attached hydrogens (tertiary/aromatic N) is 1. The Morgan fingerprint density at radius 3 is 2.63 bits per heavy atom. The molecular formula is C27H34N2O. The smallest absolute Gasteiger partial charge is 0.224 e. The minimum atomic E-state index is -0.241. The van der Waals surface area contributed by atoms with Crippen LogP contribution in [0.5, 0.6) is 0 Å². The summed E-state index contributed by atoms with van der Waals surface area (Å²) in [6, 6.07) is 9.44. The fourth-order valence-corrected chi connectivity index (χ4v) is 6.57. The van der Waals surface area contributed by atoms with Gasteiger partial charge >= 0.3 is 0 Å². The first-order chi connectivity index (χ1) is 14.5. The molecule has 1 aromatic carbocycles. The van der Waals surface area contributed by atoms with E-state index in [4.69, 9.17) is 0 Å². The van der Waals surface area contributed by atoms with Crippen LogP contribution < -0.4 is 5.32 Å². The highest BCUT2D eigenvalue weighted by molar-refractivity contribution is 5.94. The van der Waals surface area contributed by atoms with Crippen LogP contribution in [-0.2, 0) is 10.2 Å². The summed E-state index contributed by atoms with van der Waals surface area (Å²) in [5, 5.41) is 3.97. The molecule has 1 heterocycles. The van der Waals surface area contributed by atoms with E-state index in [1.54, 1.807) is 0 Å². The molecular weight excluding hydrogens is 368 g/mol. The van der Waals surface area contributed by atoms with Crippen molar-refractivity contribution in [2.24, 2.45) is 5.92 Å². The third-order valence-corrected chi connectivity index (χ3v) is 8.01. The van der Waals surface area contributed by atoms with Gasteiger partial charge in [0, 0.05) is 42.1 Å². The summed E-state index contributed by atoms with van der Waals surface area (Å²) >= 11 is 0. The lowest BCUT2D eigenvalue weighted by Crippen LogP contribution is -2.57. The van der Waals surface area contributed by atoms with E-state index in [0.717, 1.165) is 0 Å².